The number of imidazole rings is 1. The lowest BCUT2D eigenvalue weighted by Gasteiger charge is -2.03. The Bertz CT molecular complexity index is 791. The fourth-order valence-corrected chi connectivity index (χ4v) is 2.33. The molecule has 0 amide bonds. The number of nitrogens with zero attached hydrogens (tertiary/aromatic N) is 2. The average Bonchev–Trinajstić information content (AvgIpc) is 2.86. The minimum absolute atomic E-state index is 0.210. The van der Waals surface area contributed by atoms with Crippen LogP contribution in [-0.4, -0.2) is 27.6 Å². The third-order valence-corrected chi connectivity index (χ3v) is 3.34. The summed E-state index contributed by atoms with van der Waals surface area (Å²) >= 11 is 0. The van der Waals surface area contributed by atoms with Crippen LogP contribution in [0.4, 0.5) is 0 Å². The molecule has 0 saturated carbocycles. The highest BCUT2D eigenvalue weighted by atomic mass is 16.5. The number of benzene rings is 1. The molecule has 3 rings (SSSR count). The zero-order valence-corrected chi connectivity index (χ0v) is 11.5. The number of carbonyl (C=O) groups is 1. The van der Waals surface area contributed by atoms with Gasteiger partial charge in [-0.05, 0) is 29.8 Å². The van der Waals surface area contributed by atoms with Crippen molar-refractivity contribution in [3.8, 4) is 5.75 Å². The van der Waals surface area contributed by atoms with Crippen LogP contribution in [0.1, 0.15) is 21.7 Å². The van der Waals surface area contributed by atoms with E-state index in [0.717, 1.165) is 11.3 Å². The molecule has 0 spiro atoms. The molecule has 21 heavy (non-hydrogen) atoms. The first kappa shape index (κ1) is 13.2. The molecule has 0 aliphatic rings. The molecular formula is C16H14N2O3. The van der Waals surface area contributed by atoms with Gasteiger partial charge >= 0.3 is 5.97 Å². The van der Waals surface area contributed by atoms with Gasteiger partial charge in [0.25, 0.3) is 0 Å². The van der Waals surface area contributed by atoms with Gasteiger partial charge in [0.1, 0.15) is 11.4 Å². The number of aromatic carboxylic acids is 1. The topological polar surface area (TPSA) is 63.8 Å². The standard InChI is InChI=1S/C16H14N2O3/c1-21-12-7-5-11(6-8-12)10-13-15(16(19)20)18-9-3-2-4-14(18)17-13/h2-9H,10H2,1H3,(H,19,20). The highest BCUT2D eigenvalue weighted by Crippen LogP contribution is 2.18. The summed E-state index contributed by atoms with van der Waals surface area (Å²) in [5.41, 5.74) is 2.39. The summed E-state index contributed by atoms with van der Waals surface area (Å²) in [5, 5.41) is 9.43. The van der Waals surface area contributed by atoms with E-state index in [9.17, 15) is 9.90 Å². The zero-order chi connectivity index (χ0) is 14.8. The van der Waals surface area contributed by atoms with E-state index in [1.165, 1.54) is 0 Å². The second-order valence-electron chi connectivity index (χ2n) is 4.67. The van der Waals surface area contributed by atoms with Crippen LogP contribution in [0.2, 0.25) is 0 Å². The van der Waals surface area contributed by atoms with Crippen molar-refractivity contribution in [2.45, 2.75) is 6.42 Å². The summed E-state index contributed by atoms with van der Waals surface area (Å²) in [6, 6.07) is 13.0. The van der Waals surface area contributed by atoms with Crippen molar-refractivity contribution < 1.29 is 14.6 Å². The van der Waals surface area contributed by atoms with Gasteiger partial charge in [-0.25, -0.2) is 9.78 Å². The molecule has 2 aromatic heterocycles. The largest absolute Gasteiger partial charge is 0.497 e. The van der Waals surface area contributed by atoms with Crippen LogP contribution in [0.3, 0.4) is 0 Å². The maximum atomic E-state index is 11.5. The number of methoxy groups -OCH3 is 1. The molecule has 1 N–H and O–H groups in total. The summed E-state index contributed by atoms with van der Waals surface area (Å²) in [5.74, 6) is -0.204. The van der Waals surface area contributed by atoms with Gasteiger partial charge in [0.15, 0.2) is 5.69 Å². The highest BCUT2D eigenvalue weighted by molar-refractivity contribution is 5.88. The summed E-state index contributed by atoms with van der Waals surface area (Å²) < 4.78 is 6.71. The molecule has 0 unspecified atom stereocenters. The summed E-state index contributed by atoms with van der Waals surface area (Å²) in [6.07, 6.45) is 2.18. The Kier molecular flexibility index (Phi) is 3.31. The third kappa shape index (κ3) is 2.45. The molecular weight excluding hydrogens is 268 g/mol. The predicted molar refractivity (Wildman–Crippen MR) is 78.0 cm³/mol. The number of hydrogen-bond donors (Lipinski definition) is 1. The molecule has 1 aromatic carbocycles. The lowest BCUT2D eigenvalue weighted by molar-refractivity contribution is 0.0688. The Morgan fingerprint density at radius 3 is 2.67 bits per heavy atom. The SMILES string of the molecule is COc1ccc(Cc2nc3ccccn3c2C(=O)O)cc1. The van der Waals surface area contributed by atoms with Crippen molar-refractivity contribution >= 4 is 11.6 Å². The highest BCUT2D eigenvalue weighted by Gasteiger charge is 2.18. The maximum absolute atomic E-state index is 11.5. The summed E-state index contributed by atoms with van der Waals surface area (Å²) in [7, 11) is 1.61. The van der Waals surface area contributed by atoms with Crippen molar-refractivity contribution in [2.75, 3.05) is 7.11 Å². The second-order valence-corrected chi connectivity index (χ2v) is 4.67. The lowest BCUT2D eigenvalue weighted by atomic mass is 10.1. The number of carboxylic acid groups (broad SMARTS) is 1. The fraction of sp³-hybridized carbons (Fsp3) is 0.125. The van der Waals surface area contributed by atoms with Gasteiger partial charge in [-0.15, -0.1) is 0 Å². The van der Waals surface area contributed by atoms with Crippen molar-refractivity contribution in [3.63, 3.8) is 0 Å². The van der Waals surface area contributed by atoms with Gasteiger partial charge in [-0.3, -0.25) is 4.40 Å². The van der Waals surface area contributed by atoms with E-state index in [-0.39, 0.29) is 5.69 Å². The Labute approximate surface area is 121 Å². The molecule has 0 fully saturated rings. The van der Waals surface area contributed by atoms with Crippen LogP contribution < -0.4 is 4.74 Å². The van der Waals surface area contributed by atoms with Crippen molar-refractivity contribution in [1.82, 2.24) is 9.38 Å². The number of ether oxygens (including phenoxy) is 1. The van der Waals surface area contributed by atoms with Gasteiger partial charge in [0.2, 0.25) is 0 Å². The summed E-state index contributed by atoms with van der Waals surface area (Å²) in [4.78, 5) is 15.9. The van der Waals surface area contributed by atoms with E-state index < -0.39 is 5.97 Å². The minimum atomic E-state index is -0.975. The first-order valence-electron chi connectivity index (χ1n) is 6.51. The normalized spacial score (nSPS) is 10.7. The Morgan fingerprint density at radius 2 is 2.00 bits per heavy atom. The third-order valence-electron chi connectivity index (χ3n) is 3.34. The Hall–Kier alpha value is -2.82. The molecule has 5 nitrogen and oxygen atoms in total. The van der Waals surface area contributed by atoms with Crippen LogP contribution in [0.5, 0.6) is 5.75 Å². The van der Waals surface area contributed by atoms with Crippen LogP contribution in [0, 0.1) is 0 Å². The van der Waals surface area contributed by atoms with Gasteiger partial charge in [0, 0.05) is 12.6 Å². The van der Waals surface area contributed by atoms with E-state index >= 15 is 0 Å². The minimum Gasteiger partial charge on any atom is -0.497 e. The molecule has 0 aliphatic heterocycles. The quantitative estimate of drug-likeness (QED) is 0.799. The number of aromatic nitrogens is 2. The van der Waals surface area contributed by atoms with Crippen molar-refractivity contribution in [2.24, 2.45) is 0 Å². The van der Waals surface area contributed by atoms with Gasteiger partial charge < -0.3 is 9.84 Å². The van der Waals surface area contributed by atoms with Crippen molar-refractivity contribution in [1.29, 1.82) is 0 Å². The Morgan fingerprint density at radius 1 is 1.24 bits per heavy atom. The van der Waals surface area contributed by atoms with Crippen molar-refractivity contribution in [3.05, 3.63) is 65.6 Å². The molecule has 0 aliphatic carbocycles. The lowest BCUT2D eigenvalue weighted by Crippen LogP contribution is -2.05. The van der Waals surface area contributed by atoms with Crippen LogP contribution >= 0.6 is 0 Å². The molecule has 106 valence electrons. The molecule has 5 heteroatoms. The fourth-order valence-electron chi connectivity index (χ4n) is 2.33. The molecule has 0 saturated heterocycles. The van der Waals surface area contributed by atoms with E-state index in [0.29, 0.717) is 17.8 Å². The van der Waals surface area contributed by atoms with Crippen LogP contribution in [0.25, 0.3) is 5.65 Å². The van der Waals surface area contributed by atoms with Gasteiger partial charge in [-0.1, -0.05) is 18.2 Å². The molecule has 0 bridgehead atoms. The van der Waals surface area contributed by atoms with Crippen LogP contribution in [0.15, 0.2) is 48.7 Å². The maximum Gasteiger partial charge on any atom is 0.354 e. The van der Waals surface area contributed by atoms with E-state index in [1.54, 1.807) is 29.8 Å². The Balaban J connectivity index is 2.02. The zero-order valence-electron chi connectivity index (χ0n) is 11.5. The molecule has 0 radical (unpaired) electrons. The molecule has 0 atom stereocenters. The predicted octanol–water partition coefficient (Wildman–Crippen LogP) is 2.63. The average molecular weight is 282 g/mol. The monoisotopic (exact) mass is 282 g/mol. The van der Waals surface area contributed by atoms with E-state index in [1.807, 2.05) is 30.3 Å². The number of fused-ring (bicyclic) bond motifs is 1. The number of pyridine rings is 1. The molecule has 2 heterocycles. The second kappa shape index (κ2) is 5.28. The summed E-state index contributed by atoms with van der Waals surface area (Å²) in [6.45, 7) is 0. The smallest absolute Gasteiger partial charge is 0.354 e. The number of hydrogen-bond acceptors (Lipinski definition) is 3. The van der Waals surface area contributed by atoms with Gasteiger partial charge in [0.05, 0.1) is 12.8 Å². The first-order chi connectivity index (χ1) is 10.2. The number of carboxylic acids is 1. The van der Waals surface area contributed by atoms with Crippen LogP contribution in [-0.2, 0) is 6.42 Å². The first-order valence-corrected chi connectivity index (χ1v) is 6.51. The van der Waals surface area contributed by atoms with E-state index in [2.05, 4.69) is 4.98 Å². The molecule has 3 aromatic rings. The number of rotatable bonds is 4. The van der Waals surface area contributed by atoms with Gasteiger partial charge in [-0.2, -0.15) is 0 Å². The van der Waals surface area contributed by atoms with E-state index in [4.69, 9.17) is 4.74 Å².